The summed E-state index contributed by atoms with van der Waals surface area (Å²) in [5.41, 5.74) is 0.396. The van der Waals surface area contributed by atoms with E-state index in [-0.39, 0.29) is 35.0 Å². The molecular formula is C23H35FN2O3. The molecule has 3 unspecified atom stereocenters. The van der Waals surface area contributed by atoms with Crippen LogP contribution < -0.4 is 5.32 Å². The molecule has 0 aliphatic carbocycles. The van der Waals surface area contributed by atoms with Crippen LogP contribution in [0.15, 0.2) is 24.3 Å². The lowest BCUT2D eigenvalue weighted by Gasteiger charge is -2.45. The number of nitrogens with zero attached hydrogens (tertiary/aromatic N) is 1. The highest BCUT2D eigenvalue weighted by Gasteiger charge is 2.40. The Labute approximate surface area is 174 Å². The number of ether oxygens (including phenoxy) is 1. The number of carbonyl (C=O) groups is 2. The SMILES string of the molecule is CC(NC(=O)OC(C)(C)C)C(C)C(=O)N1CCC(c2ccc(F)cc2)C(C)(C)C1. The Morgan fingerprint density at radius 1 is 1.21 bits per heavy atom. The Balaban J connectivity index is 1.99. The Morgan fingerprint density at radius 2 is 1.79 bits per heavy atom. The van der Waals surface area contributed by atoms with E-state index < -0.39 is 11.7 Å². The zero-order valence-corrected chi connectivity index (χ0v) is 18.7. The standard InChI is InChI=1S/C23H35FN2O3/c1-15(16(2)25-21(28)29-22(3,4)5)20(27)26-13-12-19(23(6,7)14-26)17-8-10-18(24)11-9-17/h8-11,15-16,19H,12-14H2,1-7H3,(H,25,28). The lowest BCUT2D eigenvalue weighted by molar-refractivity contribution is -0.139. The van der Waals surface area contributed by atoms with Crippen LogP contribution in [0.4, 0.5) is 9.18 Å². The van der Waals surface area contributed by atoms with Crippen LogP contribution in [0.5, 0.6) is 0 Å². The third-order valence-corrected chi connectivity index (χ3v) is 5.70. The van der Waals surface area contributed by atoms with Gasteiger partial charge in [0, 0.05) is 19.1 Å². The van der Waals surface area contributed by atoms with Gasteiger partial charge in [-0.15, -0.1) is 0 Å². The normalized spacial score (nSPS) is 21.2. The number of carbonyl (C=O) groups excluding carboxylic acids is 2. The first-order chi connectivity index (χ1) is 13.3. The maximum absolute atomic E-state index is 13.3. The van der Waals surface area contributed by atoms with Gasteiger partial charge in [-0.05, 0) is 63.1 Å². The highest BCUT2D eigenvalue weighted by molar-refractivity contribution is 5.80. The number of nitrogens with one attached hydrogen (secondary N) is 1. The highest BCUT2D eigenvalue weighted by atomic mass is 19.1. The molecule has 3 atom stereocenters. The van der Waals surface area contributed by atoms with Gasteiger partial charge in [0.15, 0.2) is 0 Å². The number of hydrogen-bond donors (Lipinski definition) is 1. The van der Waals surface area contributed by atoms with Gasteiger partial charge in [0.05, 0.1) is 5.92 Å². The largest absolute Gasteiger partial charge is 0.444 e. The third-order valence-electron chi connectivity index (χ3n) is 5.70. The Morgan fingerprint density at radius 3 is 2.31 bits per heavy atom. The number of piperidine rings is 1. The molecule has 2 amide bonds. The summed E-state index contributed by atoms with van der Waals surface area (Å²) in [6, 6.07) is 6.34. The molecule has 0 saturated carbocycles. The van der Waals surface area contributed by atoms with Gasteiger partial charge in [-0.2, -0.15) is 0 Å². The van der Waals surface area contributed by atoms with E-state index in [4.69, 9.17) is 4.74 Å². The van der Waals surface area contributed by atoms with Crippen molar-refractivity contribution in [2.45, 2.75) is 72.4 Å². The molecule has 0 aromatic heterocycles. The van der Waals surface area contributed by atoms with Crippen molar-refractivity contribution in [2.75, 3.05) is 13.1 Å². The molecule has 1 fully saturated rings. The fraction of sp³-hybridized carbons (Fsp3) is 0.652. The van der Waals surface area contributed by atoms with E-state index in [9.17, 15) is 14.0 Å². The summed E-state index contributed by atoms with van der Waals surface area (Å²) in [6.07, 6.45) is 0.310. The van der Waals surface area contributed by atoms with Crippen LogP contribution in [-0.2, 0) is 9.53 Å². The van der Waals surface area contributed by atoms with Crippen molar-refractivity contribution in [3.05, 3.63) is 35.6 Å². The monoisotopic (exact) mass is 406 g/mol. The van der Waals surface area contributed by atoms with Crippen molar-refractivity contribution in [3.8, 4) is 0 Å². The zero-order chi connectivity index (χ0) is 22.0. The minimum Gasteiger partial charge on any atom is -0.444 e. The van der Waals surface area contributed by atoms with E-state index in [0.29, 0.717) is 13.1 Å². The lowest BCUT2D eigenvalue weighted by atomic mass is 9.70. The van der Waals surface area contributed by atoms with Gasteiger partial charge < -0.3 is 15.0 Å². The van der Waals surface area contributed by atoms with Gasteiger partial charge in [0.2, 0.25) is 5.91 Å². The van der Waals surface area contributed by atoms with Crippen molar-refractivity contribution in [1.82, 2.24) is 10.2 Å². The van der Waals surface area contributed by atoms with Crippen LogP contribution in [0, 0.1) is 17.2 Å². The second-order valence-electron chi connectivity index (χ2n) is 9.86. The summed E-state index contributed by atoms with van der Waals surface area (Å²) in [5, 5.41) is 2.77. The molecule has 1 N–H and O–H groups in total. The van der Waals surface area contributed by atoms with E-state index in [2.05, 4.69) is 19.2 Å². The maximum Gasteiger partial charge on any atom is 0.407 e. The molecule has 1 aliphatic heterocycles. The number of likely N-dealkylation sites (tertiary alicyclic amines) is 1. The first-order valence-corrected chi connectivity index (χ1v) is 10.3. The summed E-state index contributed by atoms with van der Waals surface area (Å²) in [6.45, 7) is 14.6. The minimum atomic E-state index is -0.580. The third kappa shape index (κ3) is 6.18. The van der Waals surface area contributed by atoms with Gasteiger partial charge >= 0.3 is 6.09 Å². The quantitative estimate of drug-likeness (QED) is 0.787. The predicted molar refractivity (Wildman–Crippen MR) is 112 cm³/mol. The summed E-state index contributed by atoms with van der Waals surface area (Å²) in [5.74, 6) is -0.306. The van der Waals surface area contributed by atoms with Crippen molar-refractivity contribution < 1.29 is 18.7 Å². The fourth-order valence-electron chi connectivity index (χ4n) is 3.98. The van der Waals surface area contributed by atoms with Crippen LogP contribution >= 0.6 is 0 Å². The first-order valence-electron chi connectivity index (χ1n) is 10.3. The van der Waals surface area contributed by atoms with E-state index in [0.717, 1.165) is 12.0 Å². The average Bonchev–Trinajstić information content (AvgIpc) is 2.58. The minimum absolute atomic E-state index is 0.0270. The number of amides is 2. The second-order valence-corrected chi connectivity index (χ2v) is 9.86. The molecule has 0 spiro atoms. The van der Waals surface area contributed by atoms with Crippen LogP contribution in [0.1, 0.15) is 66.4 Å². The van der Waals surface area contributed by atoms with Crippen LogP contribution in [0.3, 0.4) is 0 Å². The van der Waals surface area contributed by atoms with Crippen LogP contribution in [-0.4, -0.2) is 41.6 Å². The topological polar surface area (TPSA) is 58.6 Å². The van der Waals surface area contributed by atoms with Crippen LogP contribution in [0.2, 0.25) is 0 Å². The maximum atomic E-state index is 13.3. The van der Waals surface area contributed by atoms with E-state index >= 15 is 0 Å². The molecule has 1 saturated heterocycles. The van der Waals surface area contributed by atoms with E-state index in [1.807, 2.05) is 30.9 Å². The van der Waals surface area contributed by atoms with Gasteiger partial charge in [-0.3, -0.25) is 4.79 Å². The highest BCUT2D eigenvalue weighted by Crippen LogP contribution is 2.42. The summed E-state index contributed by atoms with van der Waals surface area (Å²) in [7, 11) is 0. The zero-order valence-electron chi connectivity index (χ0n) is 18.7. The van der Waals surface area contributed by atoms with E-state index in [1.165, 1.54) is 12.1 Å². The molecule has 29 heavy (non-hydrogen) atoms. The predicted octanol–water partition coefficient (Wildman–Crippen LogP) is 4.72. The first kappa shape index (κ1) is 23.2. The average molecular weight is 407 g/mol. The Hall–Kier alpha value is -2.11. The van der Waals surface area contributed by atoms with Crippen molar-refractivity contribution in [2.24, 2.45) is 11.3 Å². The lowest BCUT2D eigenvalue weighted by Crippen LogP contribution is -2.52. The van der Waals surface area contributed by atoms with E-state index in [1.54, 1.807) is 20.8 Å². The molecule has 162 valence electrons. The van der Waals surface area contributed by atoms with Gasteiger partial charge in [-0.25, -0.2) is 9.18 Å². The van der Waals surface area contributed by atoms with Crippen molar-refractivity contribution >= 4 is 12.0 Å². The van der Waals surface area contributed by atoms with Crippen LogP contribution in [0.25, 0.3) is 0 Å². The molecule has 1 aromatic carbocycles. The molecule has 1 aromatic rings. The molecule has 6 heteroatoms. The summed E-state index contributed by atoms with van der Waals surface area (Å²) in [4.78, 5) is 27.0. The number of alkyl carbamates (subject to hydrolysis) is 1. The second kappa shape index (κ2) is 8.72. The van der Waals surface area contributed by atoms with Crippen molar-refractivity contribution in [3.63, 3.8) is 0 Å². The molecule has 5 nitrogen and oxygen atoms in total. The summed E-state index contributed by atoms with van der Waals surface area (Å²) < 4.78 is 18.6. The number of benzene rings is 1. The number of halogens is 1. The number of hydrogen-bond acceptors (Lipinski definition) is 3. The smallest absolute Gasteiger partial charge is 0.407 e. The Bertz CT molecular complexity index is 725. The summed E-state index contributed by atoms with van der Waals surface area (Å²) >= 11 is 0. The number of rotatable bonds is 4. The molecular weight excluding hydrogens is 371 g/mol. The molecule has 0 bridgehead atoms. The molecule has 1 aliphatic rings. The van der Waals surface area contributed by atoms with Gasteiger partial charge in [0.25, 0.3) is 0 Å². The molecule has 1 heterocycles. The van der Waals surface area contributed by atoms with Gasteiger partial charge in [0.1, 0.15) is 11.4 Å². The van der Waals surface area contributed by atoms with Crippen molar-refractivity contribution in [1.29, 1.82) is 0 Å². The fourth-order valence-corrected chi connectivity index (χ4v) is 3.98. The molecule has 2 rings (SSSR count). The van der Waals surface area contributed by atoms with Gasteiger partial charge in [-0.1, -0.05) is 32.9 Å². The Kier molecular flexibility index (Phi) is 6.97. The molecule has 0 radical (unpaired) electrons.